The van der Waals surface area contributed by atoms with Crippen LogP contribution in [0.15, 0.2) is 82.5 Å². The van der Waals surface area contributed by atoms with Crippen LogP contribution >= 0.6 is 46.4 Å². The van der Waals surface area contributed by atoms with Crippen LogP contribution in [0.2, 0.25) is 20.4 Å². The van der Waals surface area contributed by atoms with E-state index in [0.717, 1.165) is 75.7 Å². The maximum Gasteiger partial charge on any atom is 0.307 e. The number of benzene rings is 2. The summed E-state index contributed by atoms with van der Waals surface area (Å²) in [5.41, 5.74) is 5.31. The van der Waals surface area contributed by atoms with Gasteiger partial charge in [-0.3, -0.25) is 19.2 Å². The van der Waals surface area contributed by atoms with Crippen molar-refractivity contribution in [1.29, 1.82) is 0 Å². The summed E-state index contributed by atoms with van der Waals surface area (Å²) in [6, 6.07) is 14.1. The number of nitrogens with one attached hydrogen (secondary N) is 2. The zero-order chi connectivity index (χ0) is 60.2. The summed E-state index contributed by atoms with van der Waals surface area (Å²) >= 11 is 24.9. The average molecular weight is 1240 g/mol. The van der Waals surface area contributed by atoms with E-state index in [0.29, 0.717) is 70.5 Å². The zero-order valence-corrected chi connectivity index (χ0v) is 50.6. The zero-order valence-electron chi connectivity index (χ0n) is 47.6. The molecule has 448 valence electrons. The second-order valence-electron chi connectivity index (χ2n) is 26.9. The maximum atomic E-state index is 16.0. The minimum absolute atomic E-state index is 0.0672. The van der Waals surface area contributed by atoms with E-state index in [4.69, 9.17) is 61.0 Å². The highest BCUT2D eigenvalue weighted by atomic mass is 35.5. The molecule has 2 aliphatic heterocycles. The van der Waals surface area contributed by atoms with Crippen molar-refractivity contribution in [2.45, 2.75) is 165 Å². The number of nitrogens with two attached hydrogens (primary N) is 1. The molecule has 85 heavy (non-hydrogen) atoms. The van der Waals surface area contributed by atoms with E-state index >= 15 is 8.78 Å². The largest absolute Gasteiger partial charge is 0.481 e. The van der Waals surface area contributed by atoms with Crippen LogP contribution in [-0.4, -0.2) is 65.1 Å². The normalized spacial score (nSPS) is 30.3. The topological polar surface area (TPSA) is 242 Å². The first kappa shape index (κ1) is 59.4. The van der Waals surface area contributed by atoms with Crippen LogP contribution in [0, 0.1) is 51.0 Å². The smallest absolute Gasteiger partial charge is 0.307 e. The fraction of sp³-hybridized carbons (Fsp3) is 0.524. The monoisotopic (exact) mass is 1240 g/mol. The molecule has 6 aromatic rings. The molecule has 6 fully saturated rings. The lowest BCUT2D eigenvalue weighted by atomic mass is 9.51. The molecule has 6 heterocycles. The maximum absolute atomic E-state index is 16.0. The Kier molecular flexibility index (Phi) is 15.4. The Hall–Kier alpha value is -5.92. The second kappa shape index (κ2) is 22.0. The Morgan fingerprint density at radius 2 is 1.06 bits per heavy atom. The van der Waals surface area contributed by atoms with E-state index in [1.54, 1.807) is 36.4 Å². The van der Waals surface area contributed by atoms with E-state index in [9.17, 15) is 24.3 Å². The predicted molar refractivity (Wildman–Crippen MR) is 314 cm³/mol. The number of rotatable bonds is 8. The van der Waals surface area contributed by atoms with Gasteiger partial charge in [0.2, 0.25) is 36.4 Å². The third-order valence-electron chi connectivity index (χ3n) is 21.3. The molecule has 4 aromatic heterocycles. The summed E-state index contributed by atoms with van der Waals surface area (Å²) in [5.74, 6) is -3.97. The number of aliphatic carboxylic acids is 1. The lowest BCUT2D eigenvalue weighted by Gasteiger charge is -2.51. The summed E-state index contributed by atoms with van der Waals surface area (Å²) in [6.45, 7) is 8.89. The van der Waals surface area contributed by atoms with Crippen LogP contribution in [0.1, 0.15) is 182 Å². The predicted octanol–water partition coefficient (Wildman–Crippen LogP) is 14.1. The van der Waals surface area contributed by atoms with Gasteiger partial charge in [0.25, 0.3) is 0 Å². The van der Waals surface area contributed by atoms with E-state index in [1.165, 1.54) is 31.2 Å². The molecule has 0 saturated heterocycles. The van der Waals surface area contributed by atoms with Crippen LogP contribution < -0.4 is 16.4 Å². The molecule has 22 heteroatoms. The summed E-state index contributed by atoms with van der Waals surface area (Å²) < 4.78 is 41.9. The van der Waals surface area contributed by atoms with Crippen molar-refractivity contribution in [3.63, 3.8) is 0 Å². The highest BCUT2D eigenvalue weighted by Crippen LogP contribution is 2.74. The lowest BCUT2D eigenvalue weighted by Crippen LogP contribution is -2.52. The molecule has 6 saturated carbocycles. The second-order valence-corrected chi connectivity index (χ2v) is 28.5. The summed E-state index contributed by atoms with van der Waals surface area (Å²) in [5, 5.41) is 32.0. The first-order valence-electron chi connectivity index (χ1n) is 29.3. The molecule has 6 aliphatic carbocycles. The number of fused-ring (bicyclic) bond motifs is 6. The molecule has 0 unspecified atom stereocenters. The molecule has 0 radical (unpaired) electrons. The van der Waals surface area contributed by atoms with Crippen LogP contribution in [-0.2, 0) is 30.0 Å². The lowest BCUT2D eigenvalue weighted by molar-refractivity contribution is -0.142. The van der Waals surface area contributed by atoms with Gasteiger partial charge >= 0.3 is 5.97 Å². The summed E-state index contributed by atoms with van der Waals surface area (Å²) in [7, 11) is 0. The van der Waals surface area contributed by atoms with Crippen LogP contribution in [0.5, 0.6) is 0 Å². The highest BCUT2D eigenvalue weighted by Gasteiger charge is 2.74. The number of ketones is 1. The number of pyridine rings is 2. The van der Waals surface area contributed by atoms with E-state index < -0.39 is 62.9 Å². The molecular weight excluding hydrogens is 1170 g/mol. The Morgan fingerprint density at radius 1 is 0.635 bits per heavy atom. The SMILES string of the molecule is CC1(C)CCC2(CC1)C[C@@H](C(=O)CC1CC(c3nnco3)C1)[C@H](c1ccnc(Cl)c1F)[C@]21C(=O)Nc2cc(Cl)ccc21.CC1(C)CCC2(CC1)C[C@@H](C(=O)O)[C@H](c1ccnc(Cl)c1F)[C@]21C(=O)Nc2cc(Cl)ccc21.NC1CC(c2nnco2)C1. The molecule has 14 rings (SSSR count). The van der Waals surface area contributed by atoms with Gasteiger partial charge in [-0.05, 0) is 176 Å². The molecule has 0 bridgehead atoms. The number of hydrogen-bond acceptors (Lipinski definition) is 13. The Balaban J connectivity index is 0.000000146. The third kappa shape index (κ3) is 9.86. The van der Waals surface area contributed by atoms with Crippen molar-refractivity contribution in [3.8, 4) is 0 Å². The molecule has 4 spiro atoms. The quantitative estimate of drug-likeness (QED) is 0.104. The van der Waals surface area contributed by atoms with E-state index in [-0.39, 0.29) is 68.1 Å². The minimum atomic E-state index is -1.25. The van der Waals surface area contributed by atoms with Crippen molar-refractivity contribution in [2.75, 3.05) is 10.6 Å². The summed E-state index contributed by atoms with van der Waals surface area (Å²) in [4.78, 5) is 63.4. The van der Waals surface area contributed by atoms with Gasteiger partial charge < -0.3 is 30.3 Å². The van der Waals surface area contributed by atoms with Crippen LogP contribution in [0.3, 0.4) is 0 Å². The highest BCUT2D eigenvalue weighted by molar-refractivity contribution is 6.32. The standard InChI is InChI=1S/C32H33Cl2FN4O3.C25H25Cl2FN2O3.C6H9N3O/c1-30(2)6-8-31(9-7-30)15-21(24(40)13-17-11-18(12-17)28-39-37-16-42-28)25(20-5-10-36-27(34)26(20)35)32(31)22-4-3-19(33)14-23(22)38-29(32)41;1-23(2)6-8-24(9-7-23)12-15(21(31)32)18(14-5-10-29-20(27)19(14)28)25(24)16-4-3-13(26)11-17(16)30-22(25)33;7-5-1-4(2-5)6-9-8-3-10-6/h3-5,10,14,16-18,21,25H,6-9,11-13,15H2,1-2H3,(H,38,41);3-5,10-11,15,18H,6-9,12H2,1-2H3,(H,30,33)(H,31,32);3-5H,1-2,7H2/t17?,18?,21-,25-,32+;15-,18+,25-;/m01./s1. The van der Waals surface area contributed by atoms with E-state index in [2.05, 4.69) is 68.7 Å². The fourth-order valence-corrected chi connectivity index (χ4v) is 17.5. The van der Waals surface area contributed by atoms with Gasteiger partial charge in [0.1, 0.15) is 5.78 Å². The minimum Gasteiger partial charge on any atom is -0.481 e. The Labute approximate surface area is 510 Å². The van der Waals surface area contributed by atoms with Gasteiger partial charge in [0, 0.05) is 75.9 Å². The Morgan fingerprint density at radius 3 is 1.47 bits per heavy atom. The van der Waals surface area contributed by atoms with Crippen molar-refractivity contribution in [2.24, 2.45) is 45.1 Å². The summed E-state index contributed by atoms with van der Waals surface area (Å²) in [6.07, 6.45) is 16.6. The number of carboxylic acid groups (broad SMARTS) is 1. The average Bonchev–Trinajstić information content (AvgIpc) is 1.54. The number of anilines is 2. The number of amides is 2. The molecule has 2 aromatic carbocycles. The molecule has 8 aliphatic rings. The number of aromatic nitrogens is 6. The number of carbonyl (C=O) groups is 4. The van der Waals surface area contributed by atoms with Gasteiger partial charge in [-0.15, -0.1) is 20.4 Å². The number of nitrogens with zero attached hydrogens (tertiary/aromatic N) is 6. The molecule has 16 nitrogen and oxygen atoms in total. The number of carboxylic acids is 1. The molecule has 2 amide bonds. The molecule has 5 N–H and O–H groups in total. The van der Waals surface area contributed by atoms with Crippen molar-refractivity contribution < 1.29 is 41.9 Å². The molecule has 6 atom stereocenters. The number of hydrogen-bond donors (Lipinski definition) is 4. The molecular formula is C63H67Cl4F2N9O7. The van der Waals surface area contributed by atoms with Crippen LogP contribution in [0.25, 0.3) is 0 Å². The first-order valence-corrected chi connectivity index (χ1v) is 30.8. The number of carbonyl (C=O) groups excluding carboxylic acids is 3. The van der Waals surface area contributed by atoms with E-state index in [1.807, 2.05) is 6.07 Å². The number of Topliss-reactive ketones (excluding diaryl/α,β-unsaturated/α-hetero) is 1. The van der Waals surface area contributed by atoms with Gasteiger partial charge in [-0.25, -0.2) is 18.7 Å². The first-order chi connectivity index (χ1) is 40.4. The fourth-order valence-electron chi connectivity index (χ4n) is 16.9. The number of halogens is 6. The van der Waals surface area contributed by atoms with Crippen LogP contribution in [0.4, 0.5) is 20.2 Å². The van der Waals surface area contributed by atoms with Gasteiger partial charge in [0.15, 0.2) is 21.9 Å². The Bertz CT molecular complexity index is 3580. The van der Waals surface area contributed by atoms with Crippen molar-refractivity contribution in [1.82, 2.24) is 30.4 Å². The van der Waals surface area contributed by atoms with Gasteiger partial charge in [-0.2, -0.15) is 0 Å². The van der Waals surface area contributed by atoms with Crippen molar-refractivity contribution >= 4 is 81.3 Å². The third-order valence-corrected chi connectivity index (χ3v) is 22.3. The van der Waals surface area contributed by atoms with Gasteiger partial charge in [-0.1, -0.05) is 86.2 Å². The van der Waals surface area contributed by atoms with Crippen molar-refractivity contribution in [3.05, 3.63) is 140 Å². The van der Waals surface area contributed by atoms with Gasteiger partial charge in [0.05, 0.1) is 16.7 Å².